The summed E-state index contributed by atoms with van der Waals surface area (Å²) >= 11 is 0. The molecule has 1 saturated heterocycles. The fraction of sp³-hybridized carbons (Fsp3) is 0.647. The zero-order chi connectivity index (χ0) is 14.0. The fourth-order valence-corrected chi connectivity index (χ4v) is 3.28. The van der Waals surface area contributed by atoms with Crippen molar-refractivity contribution in [2.24, 2.45) is 5.92 Å². The lowest BCUT2D eigenvalue weighted by atomic mass is 9.92. The van der Waals surface area contributed by atoms with Crippen LogP contribution < -0.4 is 5.32 Å². The van der Waals surface area contributed by atoms with Crippen LogP contribution in [0.2, 0.25) is 0 Å². The van der Waals surface area contributed by atoms with Crippen LogP contribution in [-0.2, 0) is 0 Å². The van der Waals surface area contributed by atoms with Gasteiger partial charge in [0.25, 0.3) is 0 Å². The molecule has 1 fully saturated rings. The molecule has 3 unspecified atom stereocenters. The van der Waals surface area contributed by atoms with Crippen LogP contribution in [0.5, 0.6) is 0 Å². The van der Waals surface area contributed by atoms with Gasteiger partial charge in [-0.3, -0.25) is 0 Å². The van der Waals surface area contributed by atoms with E-state index < -0.39 is 0 Å². The minimum absolute atomic E-state index is 0.439. The minimum Gasteiger partial charge on any atom is -0.307 e. The Morgan fingerprint density at radius 1 is 1.21 bits per heavy atom. The number of benzene rings is 1. The molecule has 1 N–H and O–H groups in total. The number of nitrogens with zero attached hydrogens (tertiary/aromatic N) is 1. The summed E-state index contributed by atoms with van der Waals surface area (Å²) in [5, 5.41) is 3.83. The van der Waals surface area contributed by atoms with Gasteiger partial charge in [0.2, 0.25) is 0 Å². The Morgan fingerprint density at radius 3 is 2.42 bits per heavy atom. The van der Waals surface area contributed by atoms with Crippen molar-refractivity contribution in [2.45, 2.75) is 46.2 Å². The summed E-state index contributed by atoms with van der Waals surface area (Å²) in [5.41, 5.74) is 4.14. The van der Waals surface area contributed by atoms with Gasteiger partial charge in [-0.1, -0.05) is 36.2 Å². The summed E-state index contributed by atoms with van der Waals surface area (Å²) in [6.07, 6.45) is 1.26. The van der Waals surface area contributed by atoms with Crippen LogP contribution in [0.25, 0.3) is 0 Å². The van der Waals surface area contributed by atoms with E-state index in [1.165, 1.54) is 36.2 Å². The molecular formula is C17H28N2. The molecule has 0 radical (unpaired) electrons. The second-order valence-corrected chi connectivity index (χ2v) is 6.44. The first-order chi connectivity index (χ1) is 8.95. The van der Waals surface area contributed by atoms with Gasteiger partial charge in [-0.25, -0.2) is 0 Å². The molecule has 1 aromatic carbocycles. The molecule has 0 spiro atoms. The highest BCUT2D eigenvalue weighted by atomic mass is 15.1. The van der Waals surface area contributed by atoms with Gasteiger partial charge in [0.1, 0.15) is 0 Å². The van der Waals surface area contributed by atoms with E-state index in [-0.39, 0.29) is 0 Å². The van der Waals surface area contributed by atoms with Gasteiger partial charge < -0.3 is 10.2 Å². The summed E-state index contributed by atoms with van der Waals surface area (Å²) in [5.74, 6) is 0.729. The standard InChI is InChI=1S/C17H28N2/c1-12-8-13(2)10-16(9-12)15(4)18-17-6-7-19(5)11-14(17)3/h8-10,14-15,17-18H,6-7,11H2,1-5H3. The molecule has 2 rings (SSSR count). The zero-order valence-electron chi connectivity index (χ0n) is 13.0. The number of nitrogens with one attached hydrogen (secondary N) is 1. The average molecular weight is 260 g/mol. The van der Waals surface area contributed by atoms with Gasteiger partial charge in [0.05, 0.1) is 0 Å². The molecule has 19 heavy (non-hydrogen) atoms. The van der Waals surface area contributed by atoms with Gasteiger partial charge in [0.15, 0.2) is 0 Å². The SMILES string of the molecule is Cc1cc(C)cc(C(C)NC2CCN(C)CC2C)c1. The molecule has 3 atom stereocenters. The van der Waals surface area contributed by atoms with Crippen molar-refractivity contribution in [3.05, 3.63) is 34.9 Å². The maximum absolute atomic E-state index is 3.83. The summed E-state index contributed by atoms with van der Waals surface area (Å²) in [7, 11) is 2.22. The van der Waals surface area contributed by atoms with E-state index in [0.717, 1.165) is 5.92 Å². The molecule has 2 nitrogen and oxygen atoms in total. The van der Waals surface area contributed by atoms with E-state index in [1.807, 2.05) is 0 Å². The molecule has 0 aromatic heterocycles. The zero-order valence-corrected chi connectivity index (χ0v) is 13.0. The van der Waals surface area contributed by atoms with E-state index in [0.29, 0.717) is 12.1 Å². The Bertz CT molecular complexity index is 407. The van der Waals surface area contributed by atoms with Crippen molar-refractivity contribution in [1.29, 1.82) is 0 Å². The fourth-order valence-electron chi connectivity index (χ4n) is 3.28. The highest BCUT2D eigenvalue weighted by Crippen LogP contribution is 2.22. The van der Waals surface area contributed by atoms with Crippen molar-refractivity contribution < 1.29 is 0 Å². The molecule has 1 aliphatic rings. The first kappa shape index (κ1) is 14.5. The minimum atomic E-state index is 0.439. The van der Waals surface area contributed by atoms with E-state index in [2.05, 4.69) is 63.2 Å². The highest BCUT2D eigenvalue weighted by Gasteiger charge is 2.25. The summed E-state index contributed by atoms with van der Waals surface area (Å²) in [6, 6.07) is 7.95. The van der Waals surface area contributed by atoms with Crippen LogP contribution in [0.1, 0.15) is 43.0 Å². The van der Waals surface area contributed by atoms with Gasteiger partial charge in [-0.15, -0.1) is 0 Å². The second-order valence-electron chi connectivity index (χ2n) is 6.44. The number of rotatable bonds is 3. The van der Waals surface area contributed by atoms with Crippen LogP contribution in [0.15, 0.2) is 18.2 Å². The van der Waals surface area contributed by atoms with Gasteiger partial charge in [-0.2, -0.15) is 0 Å². The Balaban J connectivity index is 2.02. The van der Waals surface area contributed by atoms with Gasteiger partial charge in [0, 0.05) is 18.6 Å². The predicted octanol–water partition coefficient (Wildman–Crippen LogP) is 3.29. The molecular weight excluding hydrogens is 232 g/mol. The van der Waals surface area contributed by atoms with Gasteiger partial charge in [-0.05, 0) is 52.3 Å². The topological polar surface area (TPSA) is 15.3 Å². The predicted molar refractivity (Wildman–Crippen MR) is 82.5 cm³/mol. The lowest BCUT2D eigenvalue weighted by Gasteiger charge is -2.37. The summed E-state index contributed by atoms with van der Waals surface area (Å²) < 4.78 is 0. The first-order valence-corrected chi connectivity index (χ1v) is 7.48. The normalized spacial score (nSPS) is 26.4. The Morgan fingerprint density at radius 2 is 1.84 bits per heavy atom. The number of likely N-dealkylation sites (tertiary alicyclic amines) is 1. The van der Waals surface area contributed by atoms with Crippen molar-refractivity contribution in [3.8, 4) is 0 Å². The summed E-state index contributed by atoms with van der Waals surface area (Å²) in [4.78, 5) is 2.43. The van der Waals surface area contributed by atoms with E-state index in [4.69, 9.17) is 0 Å². The van der Waals surface area contributed by atoms with Crippen molar-refractivity contribution in [2.75, 3.05) is 20.1 Å². The van der Waals surface area contributed by atoms with E-state index >= 15 is 0 Å². The highest BCUT2D eigenvalue weighted by molar-refractivity contribution is 5.30. The van der Waals surface area contributed by atoms with E-state index in [9.17, 15) is 0 Å². The second kappa shape index (κ2) is 6.06. The van der Waals surface area contributed by atoms with Crippen LogP contribution in [0.3, 0.4) is 0 Å². The first-order valence-electron chi connectivity index (χ1n) is 7.48. The molecule has 1 aliphatic heterocycles. The molecule has 0 bridgehead atoms. The van der Waals surface area contributed by atoms with Crippen LogP contribution in [0, 0.1) is 19.8 Å². The lowest BCUT2D eigenvalue weighted by molar-refractivity contribution is 0.168. The average Bonchev–Trinajstić information content (AvgIpc) is 2.31. The third kappa shape index (κ3) is 3.80. The molecule has 106 valence electrons. The maximum atomic E-state index is 3.83. The van der Waals surface area contributed by atoms with Crippen LogP contribution in [0.4, 0.5) is 0 Å². The molecule has 0 amide bonds. The maximum Gasteiger partial charge on any atom is 0.0294 e. The van der Waals surface area contributed by atoms with Gasteiger partial charge >= 0.3 is 0 Å². The van der Waals surface area contributed by atoms with Crippen LogP contribution in [-0.4, -0.2) is 31.1 Å². The number of hydrogen-bond donors (Lipinski definition) is 1. The lowest BCUT2D eigenvalue weighted by Crippen LogP contribution is -2.47. The third-order valence-corrected chi connectivity index (χ3v) is 4.32. The quantitative estimate of drug-likeness (QED) is 0.897. The molecule has 0 aliphatic carbocycles. The Labute approximate surface area is 118 Å². The molecule has 1 heterocycles. The number of hydrogen-bond acceptors (Lipinski definition) is 2. The molecule has 2 heteroatoms. The third-order valence-electron chi connectivity index (χ3n) is 4.32. The number of piperidine rings is 1. The van der Waals surface area contributed by atoms with Crippen LogP contribution >= 0.6 is 0 Å². The van der Waals surface area contributed by atoms with Crippen molar-refractivity contribution in [1.82, 2.24) is 10.2 Å². The van der Waals surface area contributed by atoms with Crippen molar-refractivity contribution >= 4 is 0 Å². The van der Waals surface area contributed by atoms with Crippen molar-refractivity contribution in [3.63, 3.8) is 0 Å². The Kier molecular flexibility index (Phi) is 4.64. The Hall–Kier alpha value is -0.860. The molecule has 1 aromatic rings. The smallest absolute Gasteiger partial charge is 0.0294 e. The van der Waals surface area contributed by atoms with E-state index in [1.54, 1.807) is 0 Å². The largest absolute Gasteiger partial charge is 0.307 e. The summed E-state index contributed by atoms with van der Waals surface area (Å²) in [6.45, 7) is 11.4. The molecule has 0 saturated carbocycles. The monoisotopic (exact) mass is 260 g/mol. The number of aryl methyl sites for hydroxylation is 2.